The molecular weight excluding hydrogens is 544 g/mol. The van der Waals surface area contributed by atoms with E-state index in [2.05, 4.69) is 22.2 Å². The molecule has 2 N–H and O–H groups in total. The van der Waals surface area contributed by atoms with E-state index >= 15 is 0 Å². The van der Waals surface area contributed by atoms with Gasteiger partial charge in [0.1, 0.15) is 9.84 Å². The zero-order valence-corrected chi connectivity index (χ0v) is 24.2. The predicted octanol–water partition coefficient (Wildman–Crippen LogP) is 3.23. The number of benzene rings is 2. The average molecular weight is 579 g/mol. The molecule has 2 heterocycles. The highest BCUT2D eigenvalue weighted by Crippen LogP contribution is 2.42. The molecule has 1 unspecified atom stereocenters. The van der Waals surface area contributed by atoms with Gasteiger partial charge in [-0.2, -0.15) is 0 Å². The number of carbonyl (C=O) groups excluding carboxylic acids is 1. The first-order chi connectivity index (χ1) is 18.5. The summed E-state index contributed by atoms with van der Waals surface area (Å²) in [7, 11) is 0.0869. The molecule has 0 bridgehead atoms. The average Bonchev–Trinajstić information content (AvgIpc) is 3.23. The molecule has 4 rings (SSSR count). The lowest BCUT2D eigenvalue weighted by molar-refractivity contribution is -0.117. The minimum absolute atomic E-state index is 0.204. The van der Waals surface area contributed by atoms with Gasteiger partial charge in [0.15, 0.2) is 11.5 Å². The molecule has 1 atom stereocenters. The minimum Gasteiger partial charge on any atom is -0.494 e. The molecule has 1 aromatic heterocycles. The van der Waals surface area contributed by atoms with E-state index in [-0.39, 0.29) is 24.1 Å². The van der Waals surface area contributed by atoms with Crippen LogP contribution in [-0.2, 0) is 14.6 Å². The van der Waals surface area contributed by atoms with Crippen molar-refractivity contribution in [1.29, 1.82) is 0 Å². The summed E-state index contributed by atoms with van der Waals surface area (Å²) in [5, 5.41) is 15.5. The Morgan fingerprint density at radius 2 is 1.87 bits per heavy atom. The quantitative estimate of drug-likeness (QED) is 0.377. The molecule has 1 fully saturated rings. The van der Waals surface area contributed by atoms with Gasteiger partial charge >= 0.3 is 0 Å². The first-order valence-corrected chi connectivity index (χ1v) is 15.2. The molecule has 0 spiro atoms. The number of ether oxygens (including phenoxy) is 2. The molecule has 3 aromatic rings. The summed E-state index contributed by atoms with van der Waals surface area (Å²) < 4.78 is 37.5. The van der Waals surface area contributed by atoms with Gasteiger partial charge in [-0.25, -0.2) is 8.42 Å². The fourth-order valence-electron chi connectivity index (χ4n) is 4.82. The van der Waals surface area contributed by atoms with Crippen LogP contribution >= 0.6 is 11.6 Å². The number of rotatable bonds is 10. The topological polar surface area (TPSA) is 113 Å². The van der Waals surface area contributed by atoms with E-state index in [0.29, 0.717) is 45.2 Å². The van der Waals surface area contributed by atoms with E-state index in [1.54, 1.807) is 36.5 Å². The van der Waals surface area contributed by atoms with Crippen LogP contribution in [0.2, 0.25) is 5.02 Å². The van der Waals surface area contributed by atoms with Gasteiger partial charge in [0.25, 0.3) is 0 Å². The largest absolute Gasteiger partial charge is 0.494 e. The van der Waals surface area contributed by atoms with Gasteiger partial charge in [0.2, 0.25) is 11.8 Å². The van der Waals surface area contributed by atoms with Crippen LogP contribution in [0.25, 0.3) is 10.8 Å². The van der Waals surface area contributed by atoms with Crippen LogP contribution in [0.5, 0.6) is 17.4 Å². The van der Waals surface area contributed by atoms with Crippen LogP contribution in [0.3, 0.4) is 0 Å². The summed E-state index contributed by atoms with van der Waals surface area (Å²) in [6, 6.07) is 7.63. The first kappa shape index (κ1) is 29.0. The molecule has 1 saturated heterocycles. The van der Waals surface area contributed by atoms with E-state index in [9.17, 15) is 18.3 Å². The number of hydrogen-bond donors (Lipinski definition) is 2. The van der Waals surface area contributed by atoms with Crippen molar-refractivity contribution in [3.05, 3.63) is 47.1 Å². The molecule has 2 aromatic carbocycles. The van der Waals surface area contributed by atoms with Gasteiger partial charge in [-0.15, -0.1) is 0 Å². The Hall–Kier alpha value is -2.99. The summed E-state index contributed by atoms with van der Waals surface area (Å²) in [6.45, 7) is 5.82. The number of likely N-dealkylation sites (N-methyl/N-ethyl adjacent to an activating group) is 1. The number of nitrogens with one attached hydrogen (secondary N) is 1. The van der Waals surface area contributed by atoms with Crippen LogP contribution in [0.4, 0.5) is 5.69 Å². The smallest absolute Gasteiger partial charge is 0.238 e. The Kier molecular flexibility index (Phi) is 8.95. The molecule has 212 valence electrons. The zero-order valence-electron chi connectivity index (χ0n) is 22.6. The summed E-state index contributed by atoms with van der Waals surface area (Å²) >= 11 is 6.51. The minimum atomic E-state index is -3.49. The number of aromatic nitrogens is 1. The van der Waals surface area contributed by atoms with Gasteiger partial charge in [-0.05, 0) is 43.8 Å². The molecule has 1 aliphatic rings. The fraction of sp³-hybridized carbons (Fsp3) is 0.444. The van der Waals surface area contributed by atoms with Crippen molar-refractivity contribution in [2.75, 3.05) is 70.8 Å². The third-order valence-electron chi connectivity index (χ3n) is 6.83. The maximum Gasteiger partial charge on any atom is 0.238 e. The number of hydrogen-bond acceptors (Lipinski definition) is 8. The number of sulfone groups is 1. The molecule has 0 saturated carbocycles. The predicted molar refractivity (Wildman–Crippen MR) is 153 cm³/mol. The number of carbonyl (C=O) groups is 1. The van der Waals surface area contributed by atoms with Gasteiger partial charge in [-0.3, -0.25) is 9.69 Å². The SMILES string of the molecule is CCOc1cc(C(CS(C)(=O)=O)n2cc3c(Cl)ccc(NC(=O)CN4CCN(C)CC4)c3c2O)ccc1OC. The Morgan fingerprint density at radius 1 is 1.15 bits per heavy atom. The maximum atomic E-state index is 12.9. The number of methoxy groups -OCH3 is 1. The van der Waals surface area contributed by atoms with Crippen molar-refractivity contribution in [3.8, 4) is 17.4 Å². The van der Waals surface area contributed by atoms with E-state index in [0.717, 1.165) is 32.4 Å². The number of anilines is 1. The Morgan fingerprint density at radius 3 is 2.51 bits per heavy atom. The third kappa shape index (κ3) is 6.78. The van der Waals surface area contributed by atoms with E-state index in [1.165, 1.54) is 11.7 Å². The Labute approximate surface area is 234 Å². The molecule has 1 aliphatic heterocycles. The lowest BCUT2D eigenvalue weighted by Crippen LogP contribution is -2.47. The summed E-state index contributed by atoms with van der Waals surface area (Å²) in [6.07, 6.45) is 2.76. The highest BCUT2D eigenvalue weighted by atomic mass is 35.5. The highest BCUT2D eigenvalue weighted by molar-refractivity contribution is 7.90. The van der Waals surface area contributed by atoms with Crippen molar-refractivity contribution in [3.63, 3.8) is 0 Å². The normalized spacial score (nSPS) is 15.8. The van der Waals surface area contributed by atoms with Crippen molar-refractivity contribution in [2.24, 2.45) is 0 Å². The maximum absolute atomic E-state index is 12.9. The standard InChI is InChI=1S/C27H35ClN4O6S/c1-5-38-24-14-18(6-9-23(24)37-3)22(17-39(4,35)36)32-15-19-20(28)7-8-21(26(19)27(32)34)29-25(33)16-31-12-10-30(2)11-13-31/h6-9,14-15,22,34H,5,10-13,16-17H2,1-4H3,(H,29,33). The monoisotopic (exact) mass is 578 g/mol. The second kappa shape index (κ2) is 12.0. The van der Waals surface area contributed by atoms with Crippen molar-refractivity contribution < 1.29 is 27.8 Å². The fourth-order valence-corrected chi connectivity index (χ4v) is 5.96. The van der Waals surface area contributed by atoms with Crippen molar-refractivity contribution in [1.82, 2.24) is 14.4 Å². The molecule has 12 heteroatoms. The third-order valence-corrected chi connectivity index (χ3v) is 8.09. The van der Waals surface area contributed by atoms with E-state index in [4.69, 9.17) is 21.1 Å². The number of aromatic hydroxyl groups is 1. The lowest BCUT2D eigenvalue weighted by atomic mass is 10.1. The van der Waals surface area contributed by atoms with Gasteiger partial charge < -0.3 is 29.4 Å². The number of halogens is 1. The van der Waals surface area contributed by atoms with E-state index < -0.39 is 15.9 Å². The zero-order chi connectivity index (χ0) is 28.3. The number of amides is 1. The highest BCUT2D eigenvalue weighted by Gasteiger charge is 2.27. The van der Waals surface area contributed by atoms with Crippen molar-refractivity contribution in [2.45, 2.75) is 13.0 Å². The molecule has 0 radical (unpaired) electrons. The second-order valence-corrected chi connectivity index (χ2v) is 12.4. The second-order valence-electron chi connectivity index (χ2n) is 9.82. The molecular formula is C27H35ClN4O6S. The van der Waals surface area contributed by atoms with Gasteiger partial charge in [-0.1, -0.05) is 17.7 Å². The molecule has 1 amide bonds. The Bertz CT molecular complexity index is 1450. The van der Waals surface area contributed by atoms with Crippen LogP contribution in [0.15, 0.2) is 36.5 Å². The number of nitrogens with zero attached hydrogens (tertiary/aromatic N) is 3. The van der Waals surface area contributed by atoms with Crippen LogP contribution in [0.1, 0.15) is 18.5 Å². The molecule has 0 aliphatic carbocycles. The number of fused-ring (bicyclic) bond motifs is 1. The first-order valence-electron chi connectivity index (χ1n) is 12.7. The van der Waals surface area contributed by atoms with Crippen molar-refractivity contribution >= 4 is 43.8 Å². The lowest BCUT2D eigenvalue weighted by Gasteiger charge is -2.31. The van der Waals surface area contributed by atoms with E-state index in [1.807, 2.05) is 6.92 Å². The summed E-state index contributed by atoms with van der Waals surface area (Å²) in [5.74, 6) is 0.266. The van der Waals surface area contributed by atoms with Crippen LogP contribution in [-0.4, -0.2) is 99.3 Å². The molecule has 39 heavy (non-hydrogen) atoms. The van der Waals surface area contributed by atoms with Gasteiger partial charge in [0, 0.05) is 44.0 Å². The van der Waals surface area contributed by atoms with Crippen LogP contribution < -0.4 is 14.8 Å². The van der Waals surface area contributed by atoms with Gasteiger partial charge in [0.05, 0.1) is 48.2 Å². The summed E-state index contributed by atoms with van der Waals surface area (Å²) in [4.78, 5) is 17.2. The summed E-state index contributed by atoms with van der Waals surface area (Å²) in [5.41, 5.74) is 0.990. The molecule has 10 nitrogen and oxygen atoms in total. The van der Waals surface area contributed by atoms with Crippen LogP contribution in [0, 0.1) is 0 Å². The Balaban J connectivity index is 1.74. The number of piperazine rings is 1.